The van der Waals surface area contributed by atoms with Gasteiger partial charge >= 0.3 is 5.97 Å². The van der Waals surface area contributed by atoms with Crippen molar-refractivity contribution in [2.75, 3.05) is 7.11 Å². The van der Waals surface area contributed by atoms with Gasteiger partial charge in [-0.05, 0) is 24.5 Å². The molecule has 0 amide bonds. The van der Waals surface area contributed by atoms with Crippen LogP contribution in [0.15, 0.2) is 18.5 Å². The number of halogens is 1. The topological polar surface area (TPSA) is 51.2 Å². The van der Waals surface area contributed by atoms with E-state index in [0.29, 0.717) is 5.56 Å². The van der Waals surface area contributed by atoms with Crippen LogP contribution in [0.25, 0.3) is 0 Å². The van der Waals surface area contributed by atoms with Crippen molar-refractivity contribution < 1.29 is 13.9 Å². The second kappa shape index (κ2) is 6.44. The number of hydrogen-bond acceptors (Lipinski definition) is 4. The number of hydrogen-bond donors (Lipinski definition) is 1. The highest BCUT2D eigenvalue weighted by atomic mass is 19.1. The Hall–Kier alpha value is -1.49. The van der Waals surface area contributed by atoms with Crippen LogP contribution in [0.3, 0.4) is 0 Å². The van der Waals surface area contributed by atoms with Gasteiger partial charge in [-0.15, -0.1) is 0 Å². The van der Waals surface area contributed by atoms with Crippen LogP contribution in [0, 0.1) is 11.7 Å². The van der Waals surface area contributed by atoms with Crippen LogP contribution in [-0.4, -0.2) is 24.1 Å². The molecule has 0 aromatic carbocycles. The highest BCUT2D eigenvalue weighted by Gasteiger charge is 2.24. The number of esters is 1. The van der Waals surface area contributed by atoms with Crippen molar-refractivity contribution in [3.63, 3.8) is 0 Å². The maximum absolute atomic E-state index is 13.1. The first-order chi connectivity index (χ1) is 8.45. The minimum Gasteiger partial charge on any atom is -0.468 e. The molecule has 1 aromatic heterocycles. The quantitative estimate of drug-likeness (QED) is 0.817. The minimum absolute atomic E-state index is 0.0846. The molecule has 0 aliphatic carbocycles. The molecule has 0 fully saturated rings. The third-order valence-electron chi connectivity index (χ3n) is 2.78. The fourth-order valence-electron chi connectivity index (χ4n) is 1.69. The Labute approximate surface area is 107 Å². The van der Waals surface area contributed by atoms with Gasteiger partial charge in [0.2, 0.25) is 0 Å². The molecule has 1 rings (SSSR count). The summed E-state index contributed by atoms with van der Waals surface area (Å²) >= 11 is 0. The number of nitrogens with one attached hydrogen (secondary N) is 1. The number of ether oxygens (including phenoxy) is 1. The lowest BCUT2D eigenvalue weighted by Gasteiger charge is -2.24. The maximum atomic E-state index is 13.1. The molecule has 5 heteroatoms. The van der Waals surface area contributed by atoms with Gasteiger partial charge < -0.3 is 4.74 Å². The van der Waals surface area contributed by atoms with Gasteiger partial charge in [0.1, 0.15) is 11.9 Å². The predicted octanol–water partition coefficient (Wildman–Crippen LogP) is 2.07. The highest BCUT2D eigenvalue weighted by Crippen LogP contribution is 2.15. The van der Waals surface area contributed by atoms with E-state index in [0.717, 1.165) is 6.20 Å². The molecule has 0 aliphatic heterocycles. The van der Waals surface area contributed by atoms with E-state index in [9.17, 15) is 9.18 Å². The Morgan fingerprint density at radius 3 is 2.56 bits per heavy atom. The van der Waals surface area contributed by atoms with Crippen LogP contribution in [0.4, 0.5) is 4.39 Å². The fraction of sp³-hybridized carbons (Fsp3) is 0.538. The second-order valence-corrected chi connectivity index (χ2v) is 4.57. The van der Waals surface area contributed by atoms with E-state index in [2.05, 4.69) is 10.3 Å². The van der Waals surface area contributed by atoms with Gasteiger partial charge in [0, 0.05) is 12.2 Å². The Balaban J connectivity index is 2.78. The van der Waals surface area contributed by atoms with E-state index in [1.54, 1.807) is 6.20 Å². The number of methoxy groups -OCH3 is 1. The monoisotopic (exact) mass is 254 g/mol. The van der Waals surface area contributed by atoms with Gasteiger partial charge in [-0.25, -0.2) is 4.39 Å². The van der Waals surface area contributed by atoms with Crippen molar-refractivity contribution in [3.05, 3.63) is 29.8 Å². The summed E-state index contributed by atoms with van der Waals surface area (Å²) < 4.78 is 17.8. The lowest BCUT2D eigenvalue weighted by Crippen LogP contribution is -2.43. The Morgan fingerprint density at radius 2 is 2.06 bits per heavy atom. The summed E-state index contributed by atoms with van der Waals surface area (Å²) in [6.45, 7) is 5.70. The first kappa shape index (κ1) is 14.6. The number of pyridine rings is 1. The molecule has 0 radical (unpaired) electrons. The van der Waals surface area contributed by atoms with Crippen molar-refractivity contribution in [1.29, 1.82) is 0 Å². The Bertz CT molecular complexity index is 410. The van der Waals surface area contributed by atoms with Crippen molar-refractivity contribution in [3.8, 4) is 0 Å². The summed E-state index contributed by atoms with van der Waals surface area (Å²) in [6, 6.07) is 0.798. The molecule has 1 heterocycles. The Morgan fingerprint density at radius 1 is 1.39 bits per heavy atom. The zero-order valence-electron chi connectivity index (χ0n) is 11.1. The number of aromatic nitrogens is 1. The van der Waals surface area contributed by atoms with Gasteiger partial charge in [-0.2, -0.15) is 0 Å². The molecular formula is C13H19FN2O2. The SMILES string of the molecule is COC(=O)[C@@H](NC(C)c1cncc(F)c1)C(C)C. The molecule has 0 bridgehead atoms. The van der Waals surface area contributed by atoms with E-state index < -0.39 is 6.04 Å². The summed E-state index contributed by atoms with van der Waals surface area (Å²) in [5.74, 6) is -0.622. The van der Waals surface area contributed by atoms with Crippen LogP contribution >= 0.6 is 0 Å². The largest absolute Gasteiger partial charge is 0.468 e. The molecule has 1 unspecified atom stereocenters. The second-order valence-electron chi connectivity index (χ2n) is 4.57. The lowest BCUT2D eigenvalue weighted by atomic mass is 10.0. The highest BCUT2D eigenvalue weighted by molar-refractivity contribution is 5.76. The van der Waals surface area contributed by atoms with E-state index >= 15 is 0 Å². The molecule has 2 atom stereocenters. The number of nitrogens with zero attached hydrogens (tertiary/aromatic N) is 1. The lowest BCUT2D eigenvalue weighted by molar-refractivity contribution is -0.144. The van der Waals surface area contributed by atoms with Crippen molar-refractivity contribution >= 4 is 5.97 Å². The molecule has 1 N–H and O–H groups in total. The maximum Gasteiger partial charge on any atom is 0.323 e. The fourth-order valence-corrected chi connectivity index (χ4v) is 1.69. The third kappa shape index (κ3) is 3.77. The molecular weight excluding hydrogens is 235 g/mol. The van der Waals surface area contributed by atoms with Crippen LogP contribution in [0.2, 0.25) is 0 Å². The van der Waals surface area contributed by atoms with Gasteiger partial charge in [0.15, 0.2) is 0 Å². The zero-order chi connectivity index (χ0) is 13.7. The van der Waals surface area contributed by atoms with Gasteiger partial charge in [-0.3, -0.25) is 15.1 Å². The van der Waals surface area contributed by atoms with Crippen LogP contribution in [0.5, 0.6) is 0 Å². The predicted molar refractivity (Wildman–Crippen MR) is 66.4 cm³/mol. The normalized spacial score (nSPS) is 14.3. The summed E-state index contributed by atoms with van der Waals surface area (Å²) in [5.41, 5.74) is 0.699. The van der Waals surface area contributed by atoms with E-state index in [4.69, 9.17) is 4.74 Å². The summed E-state index contributed by atoms with van der Waals surface area (Å²) in [6.07, 6.45) is 2.73. The third-order valence-corrected chi connectivity index (χ3v) is 2.78. The van der Waals surface area contributed by atoms with Crippen molar-refractivity contribution in [2.45, 2.75) is 32.9 Å². The molecule has 100 valence electrons. The minimum atomic E-state index is -0.423. The summed E-state index contributed by atoms with van der Waals surface area (Å²) in [4.78, 5) is 15.4. The van der Waals surface area contributed by atoms with Crippen molar-refractivity contribution in [2.24, 2.45) is 5.92 Å². The number of carbonyl (C=O) groups is 1. The van der Waals surface area contributed by atoms with Crippen LogP contribution in [-0.2, 0) is 9.53 Å². The molecule has 0 spiro atoms. The molecule has 1 aromatic rings. The Kier molecular flexibility index (Phi) is 5.22. The molecule has 18 heavy (non-hydrogen) atoms. The van der Waals surface area contributed by atoms with E-state index in [-0.39, 0.29) is 23.7 Å². The first-order valence-electron chi connectivity index (χ1n) is 5.90. The average molecular weight is 254 g/mol. The first-order valence-corrected chi connectivity index (χ1v) is 5.90. The molecule has 0 saturated carbocycles. The average Bonchev–Trinajstić information content (AvgIpc) is 2.34. The molecule has 0 saturated heterocycles. The van der Waals surface area contributed by atoms with Gasteiger partial charge in [0.25, 0.3) is 0 Å². The van der Waals surface area contributed by atoms with Gasteiger partial charge in [0.05, 0.1) is 13.3 Å². The molecule has 4 nitrogen and oxygen atoms in total. The summed E-state index contributed by atoms with van der Waals surface area (Å²) in [7, 11) is 1.35. The number of carbonyl (C=O) groups excluding carboxylic acids is 1. The standard InChI is InChI=1S/C13H19FN2O2/c1-8(2)12(13(17)18-4)16-9(3)10-5-11(14)7-15-6-10/h5-9,12,16H,1-4H3/t9?,12-/m0/s1. The van der Waals surface area contributed by atoms with Crippen LogP contribution in [0.1, 0.15) is 32.4 Å². The summed E-state index contributed by atoms with van der Waals surface area (Å²) in [5, 5.41) is 3.13. The molecule has 0 aliphatic rings. The van der Waals surface area contributed by atoms with Gasteiger partial charge in [-0.1, -0.05) is 13.8 Å². The smallest absolute Gasteiger partial charge is 0.323 e. The van der Waals surface area contributed by atoms with E-state index in [1.807, 2.05) is 20.8 Å². The number of rotatable bonds is 5. The van der Waals surface area contributed by atoms with Crippen molar-refractivity contribution in [1.82, 2.24) is 10.3 Å². The van der Waals surface area contributed by atoms with E-state index in [1.165, 1.54) is 13.2 Å². The van der Waals surface area contributed by atoms with Crippen LogP contribution < -0.4 is 5.32 Å². The zero-order valence-corrected chi connectivity index (χ0v) is 11.1.